The van der Waals surface area contributed by atoms with Crippen molar-refractivity contribution in [3.8, 4) is 0 Å². The third-order valence-corrected chi connectivity index (χ3v) is 3.53. The van der Waals surface area contributed by atoms with Crippen LogP contribution in [0.15, 0.2) is 42.7 Å². The zero-order chi connectivity index (χ0) is 13.7. The van der Waals surface area contributed by atoms with Crippen molar-refractivity contribution in [2.75, 3.05) is 0 Å². The van der Waals surface area contributed by atoms with Crippen LogP contribution in [0.4, 0.5) is 0 Å². The zero-order valence-corrected chi connectivity index (χ0v) is 11.6. The maximum Gasteiger partial charge on any atom is 0.0518 e. The molecule has 3 N–H and O–H groups in total. The molecule has 100 valence electrons. The Labute approximate surface area is 114 Å². The Morgan fingerprint density at radius 3 is 2.42 bits per heavy atom. The summed E-state index contributed by atoms with van der Waals surface area (Å²) in [4.78, 5) is 4.19. The highest BCUT2D eigenvalue weighted by atomic mass is 15.2. The third kappa shape index (κ3) is 3.40. The normalized spacial score (nSPS) is 12.4. The molecule has 1 unspecified atom stereocenters. The Kier molecular flexibility index (Phi) is 4.66. The highest BCUT2D eigenvalue weighted by molar-refractivity contribution is 5.29. The van der Waals surface area contributed by atoms with Crippen molar-refractivity contribution in [1.82, 2.24) is 10.4 Å². The van der Waals surface area contributed by atoms with Gasteiger partial charge in [-0.2, -0.15) is 0 Å². The summed E-state index contributed by atoms with van der Waals surface area (Å²) < 4.78 is 0. The predicted octanol–water partition coefficient (Wildman–Crippen LogP) is 2.70. The first-order valence-electron chi connectivity index (χ1n) is 6.69. The molecule has 0 saturated heterocycles. The summed E-state index contributed by atoms with van der Waals surface area (Å²) >= 11 is 0. The number of aryl methyl sites for hydroxylation is 2. The van der Waals surface area contributed by atoms with Gasteiger partial charge < -0.3 is 0 Å². The topological polar surface area (TPSA) is 50.9 Å². The Hall–Kier alpha value is -1.71. The van der Waals surface area contributed by atoms with E-state index in [9.17, 15) is 0 Å². The molecule has 0 aliphatic heterocycles. The first kappa shape index (κ1) is 13.7. The molecule has 2 rings (SSSR count). The number of rotatable bonds is 5. The molecule has 0 bridgehead atoms. The van der Waals surface area contributed by atoms with Crippen LogP contribution in [0.3, 0.4) is 0 Å². The van der Waals surface area contributed by atoms with Gasteiger partial charge in [-0.3, -0.25) is 16.3 Å². The molecular formula is C16H21N3. The molecule has 3 heteroatoms. The first-order chi connectivity index (χ1) is 9.24. The van der Waals surface area contributed by atoms with Gasteiger partial charge in [0.2, 0.25) is 0 Å². The summed E-state index contributed by atoms with van der Waals surface area (Å²) in [5, 5.41) is 0. The standard InChI is InChI=1S/C16H21N3/c1-3-13-4-6-14(7-5-13)10-16(19-17)15-11-18-9-8-12(15)2/h4-9,11,16,19H,3,10,17H2,1-2H3. The third-order valence-electron chi connectivity index (χ3n) is 3.53. The molecule has 1 aromatic carbocycles. The summed E-state index contributed by atoms with van der Waals surface area (Å²) in [5.41, 5.74) is 7.91. The molecule has 0 radical (unpaired) electrons. The van der Waals surface area contributed by atoms with Crippen LogP contribution in [0.2, 0.25) is 0 Å². The largest absolute Gasteiger partial charge is 0.271 e. The lowest BCUT2D eigenvalue weighted by atomic mass is 9.97. The molecule has 3 nitrogen and oxygen atoms in total. The number of hydrogen-bond acceptors (Lipinski definition) is 3. The van der Waals surface area contributed by atoms with Gasteiger partial charge in [0.05, 0.1) is 6.04 Å². The number of aromatic nitrogens is 1. The number of hydrogen-bond donors (Lipinski definition) is 2. The maximum absolute atomic E-state index is 5.70. The van der Waals surface area contributed by atoms with Crippen molar-refractivity contribution in [2.45, 2.75) is 32.7 Å². The summed E-state index contributed by atoms with van der Waals surface area (Å²) in [6, 6.07) is 10.8. The van der Waals surface area contributed by atoms with E-state index in [1.165, 1.54) is 16.7 Å². The molecule has 0 spiro atoms. The number of nitrogens with two attached hydrogens (primary N) is 1. The van der Waals surface area contributed by atoms with Crippen molar-refractivity contribution < 1.29 is 0 Å². The SMILES string of the molecule is CCc1ccc(CC(NN)c2cnccc2C)cc1. The second kappa shape index (κ2) is 6.45. The van der Waals surface area contributed by atoms with E-state index in [0.29, 0.717) is 0 Å². The molecule has 0 aliphatic rings. The van der Waals surface area contributed by atoms with Crippen molar-refractivity contribution in [1.29, 1.82) is 0 Å². The Bertz CT molecular complexity index is 520. The van der Waals surface area contributed by atoms with Gasteiger partial charge in [-0.25, -0.2) is 0 Å². The van der Waals surface area contributed by atoms with E-state index in [4.69, 9.17) is 5.84 Å². The molecule has 1 aromatic heterocycles. The van der Waals surface area contributed by atoms with Gasteiger partial charge in [0.1, 0.15) is 0 Å². The van der Waals surface area contributed by atoms with E-state index in [-0.39, 0.29) is 6.04 Å². The Balaban J connectivity index is 2.17. The molecule has 1 heterocycles. The van der Waals surface area contributed by atoms with E-state index in [0.717, 1.165) is 18.4 Å². The van der Waals surface area contributed by atoms with E-state index in [1.807, 2.05) is 18.5 Å². The Morgan fingerprint density at radius 2 is 1.84 bits per heavy atom. The molecular weight excluding hydrogens is 234 g/mol. The minimum absolute atomic E-state index is 0.0983. The minimum Gasteiger partial charge on any atom is -0.271 e. The number of hydrazine groups is 1. The summed E-state index contributed by atoms with van der Waals surface area (Å²) in [5.74, 6) is 5.70. The molecule has 0 amide bonds. The van der Waals surface area contributed by atoms with E-state index < -0.39 is 0 Å². The smallest absolute Gasteiger partial charge is 0.0518 e. The van der Waals surface area contributed by atoms with Crippen LogP contribution in [0.5, 0.6) is 0 Å². The number of nitrogens with zero attached hydrogens (tertiary/aromatic N) is 1. The molecule has 0 fully saturated rings. The molecule has 2 aromatic rings. The second-order valence-electron chi connectivity index (χ2n) is 4.83. The lowest BCUT2D eigenvalue weighted by Crippen LogP contribution is -2.30. The van der Waals surface area contributed by atoms with Crippen molar-refractivity contribution >= 4 is 0 Å². The van der Waals surface area contributed by atoms with Crippen molar-refractivity contribution in [2.24, 2.45) is 5.84 Å². The molecule has 19 heavy (non-hydrogen) atoms. The predicted molar refractivity (Wildman–Crippen MR) is 78.6 cm³/mol. The maximum atomic E-state index is 5.70. The zero-order valence-electron chi connectivity index (χ0n) is 11.6. The first-order valence-corrected chi connectivity index (χ1v) is 6.69. The number of benzene rings is 1. The lowest BCUT2D eigenvalue weighted by Gasteiger charge is -2.18. The average molecular weight is 255 g/mol. The van der Waals surface area contributed by atoms with E-state index in [1.54, 1.807) is 0 Å². The highest BCUT2D eigenvalue weighted by Crippen LogP contribution is 2.20. The average Bonchev–Trinajstić information content (AvgIpc) is 2.46. The van der Waals surface area contributed by atoms with E-state index >= 15 is 0 Å². The summed E-state index contributed by atoms with van der Waals surface area (Å²) in [7, 11) is 0. The fraction of sp³-hybridized carbons (Fsp3) is 0.312. The van der Waals surface area contributed by atoms with Gasteiger partial charge >= 0.3 is 0 Å². The minimum atomic E-state index is 0.0983. The Morgan fingerprint density at radius 1 is 1.16 bits per heavy atom. The quantitative estimate of drug-likeness (QED) is 0.638. The summed E-state index contributed by atoms with van der Waals surface area (Å²) in [6.07, 6.45) is 5.64. The van der Waals surface area contributed by atoms with Crippen LogP contribution in [-0.2, 0) is 12.8 Å². The molecule has 1 atom stereocenters. The van der Waals surface area contributed by atoms with Gasteiger partial charge in [0.15, 0.2) is 0 Å². The van der Waals surface area contributed by atoms with Gasteiger partial charge in [-0.1, -0.05) is 31.2 Å². The monoisotopic (exact) mass is 255 g/mol. The number of nitrogens with one attached hydrogen (secondary N) is 1. The number of pyridine rings is 1. The summed E-state index contributed by atoms with van der Waals surface area (Å²) in [6.45, 7) is 4.25. The highest BCUT2D eigenvalue weighted by Gasteiger charge is 2.12. The van der Waals surface area contributed by atoms with Gasteiger partial charge in [-0.15, -0.1) is 0 Å². The van der Waals surface area contributed by atoms with Crippen LogP contribution in [0, 0.1) is 6.92 Å². The van der Waals surface area contributed by atoms with Crippen molar-refractivity contribution in [3.63, 3.8) is 0 Å². The van der Waals surface area contributed by atoms with Crippen molar-refractivity contribution in [3.05, 3.63) is 65.0 Å². The molecule has 0 saturated carbocycles. The van der Waals surface area contributed by atoms with Crippen LogP contribution < -0.4 is 11.3 Å². The van der Waals surface area contributed by atoms with Crippen LogP contribution in [0.25, 0.3) is 0 Å². The lowest BCUT2D eigenvalue weighted by molar-refractivity contribution is 0.547. The van der Waals surface area contributed by atoms with E-state index in [2.05, 4.69) is 48.5 Å². The van der Waals surface area contributed by atoms with Crippen LogP contribution in [0.1, 0.15) is 35.2 Å². The van der Waals surface area contributed by atoms with Gasteiger partial charge in [0.25, 0.3) is 0 Å². The second-order valence-corrected chi connectivity index (χ2v) is 4.83. The fourth-order valence-corrected chi connectivity index (χ4v) is 2.25. The van der Waals surface area contributed by atoms with Crippen LogP contribution >= 0.6 is 0 Å². The van der Waals surface area contributed by atoms with Crippen LogP contribution in [-0.4, -0.2) is 4.98 Å². The van der Waals surface area contributed by atoms with Gasteiger partial charge in [-0.05, 0) is 48.1 Å². The molecule has 0 aliphatic carbocycles. The van der Waals surface area contributed by atoms with Gasteiger partial charge in [0, 0.05) is 12.4 Å². The fourth-order valence-electron chi connectivity index (χ4n) is 2.25.